The van der Waals surface area contributed by atoms with Crippen LogP contribution in [0.1, 0.15) is 39.5 Å². The third kappa shape index (κ3) is 6.49. The lowest BCUT2D eigenvalue weighted by molar-refractivity contribution is 0.681. The lowest BCUT2D eigenvalue weighted by atomic mass is 10.1. The molecular formula is C10H20S. The highest BCUT2D eigenvalue weighted by atomic mass is 32.2. The largest absolute Gasteiger partial charge is 0.155 e. The molecule has 11 heavy (non-hydrogen) atoms. The molecule has 0 aliphatic heterocycles. The number of unbranched alkanes of at least 4 members (excludes halogenated alkanes) is 2. The molecule has 0 saturated heterocycles. The number of hydrogen-bond donors (Lipinski definition) is 0. The van der Waals surface area contributed by atoms with Gasteiger partial charge in [0, 0.05) is 5.25 Å². The molecule has 0 fully saturated rings. The van der Waals surface area contributed by atoms with Gasteiger partial charge in [-0.05, 0) is 12.2 Å². The monoisotopic (exact) mass is 172 g/mol. The first-order chi connectivity index (χ1) is 5.35. The molecule has 1 atom stereocenters. The van der Waals surface area contributed by atoms with E-state index in [2.05, 4.69) is 26.5 Å². The standard InChI is InChI=1S/C10H20S/c1-4-7-8-9-10(5-2)11-6-3/h5,10H,2,4,6-9H2,1,3H3. The molecule has 0 radical (unpaired) electrons. The van der Waals surface area contributed by atoms with Crippen LogP contribution in [0.15, 0.2) is 12.7 Å². The maximum absolute atomic E-state index is 3.84. The second kappa shape index (κ2) is 8.19. The first-order valence-electron chi connectivity index (χ1n) is 4.59. The van der Waals surface area contributed by atoms with Crippen LogP contribution in [-0.2, 0) is 0 Å². The summed E-state index contributed by atoms with van der Waals surface area (Å²) in [5.41, 5.74) is 0. The normalized spacial score (nSPS) is 12.9. The van der Waals surface area contributed by atoms with Crippen molar-refractivity contribution in [1.29, 1.82) is 0 Å². The van der Waals surface area contributed by atoms with E-state index in [1.807, 2.05) is 11.8 Å². The zero-order chi connectivity index (χ0) is 8.53. The van der Waals surface area contributed by atoms with Crippen LogP contribution in [0.2, 0.25) is 0 Å². The Balaban J connectivity index is 3.28. The van der Waals surface area contributed by atoms with E-state index in [1.54, 1.807) is 0 Å². The Hall–Kier alpha value is 0.0900. The average Bonchev–Trinajstić information content (AvgIpc) is 2.03. The zero-order valence-corrected chi connectivity index (χ0v) is 8.62. The fourth-order valence-electron chi connectivity index (χ4n) is 1.08. The molecule has 0 spiro atoms. The predicted molar refractivity (Wildman–Crippen MR) is 56.3 cm³/mol. The van der Waals surface area contributed by atoms with Gasteiger partial charge in [0.25, 0.3) is 0 Å². The lowest BCUT2D eigenvalue weighted by Crippen LogP contribution is -1.97. The van der Waals surface area contributed by atoms with Crippen LogP contribution in [0, 0.1) is 0 Å². The third-order valence-electron chi connectivity index (χ3n) is 1.74. The fraction of sp³-hybridized carbons (Fsp3) is 0.800. The van der Waals surface area contributed by atoms with Gasteiger partial charge >= 0.3 is 0 Å². The Morgan fingerprint density at radius 3 is 2.55 bits per heavy atom. The van der Waals surface area contributed by atoms with Crippen molar-refractivity contribution >= 4 is 11.8 Å². The van der Waals surface area contributed by atoms with Gasteiger partial charge in [0.15, 0.2) is 0 Å². The van der Waals surface area contributed by atoms with Crippen molar-refractivity contribution in [2.24, 2.45) is 0 Å². The zero-order valence-electron chi connectivity index (χ0n) is 7.81. The summed E-state index contributed by atoms with van der Waals surface area (Å²) in [5, 5.41) is 0.701. The van der Waals surface area contributed by atoms with Crippen molar-refractivity contribution in [3.63, 3.8) is 0 Å². The number of hydrogen-bond acceptors (Lipinski definition) is 1. The summed E-state index contributed by atoms with van der Waals surface area (Å²) in [4.78, 5) is 0. The SMILES string of the molecule is C=CC(CCCCC)SCC. The van der Waals surface area contributed by atoms with Crippen molar-refractivity contribution < 1.29 is 0 Å². The smallest absolute Gasteiger partial charge is 0.0224 e. The van der Waals surface area contributed by atoms with E-state index in [4.69, 9.17) is 0 Å². The van der Waals surface area contributed by atoms with Gasteiger partial charge in [-0.15, -0.1) is 6.58 Å². The van der Waals surface area contributed by atoms with Gasteiger partial charge in [0.05, 0.1) is 0 Å². The molecule has 0 saturated carbocycles. The van der Waals surface area contributed by atoms with Crippen LogP contribution in [0.3, 0.4) is 0 Å². The van der Waals surface area contributed by atoms with Crippen LogP contribution in [0.25, 0.3) is 0 Å². The van der Waals surface area contributed by atoms with E-state index in [0.29, 0.717) is 5.25 Å². The van der Waals surface area contributed by atoms with Gasteiger partial charge in [0.1, 0.15) is 0 Å². The van der Waals surface area contributed by atoms with Crippen LogP contribution < -0.4 is 0 Å². The molecule has 1 heteroatoms. The molecule has 0 nitrogen and oxygen atoms in total. The summed E-state index contributed by atoms with van der Waals surface area (Å²) < 4.78 is 0. The Labute approximate surface area is 75.5 Å². The van der Waals surface area contributed by atoms with Gasteiger partial charge in [-0.25, -0.2) is 0 Å². The first kappa shape index (κ1) is 11.1. The average molecular weight is 172 g/mol. The minimum Gasteiger partial charge on any atom is -0.155 e. The van der Waals surface area contributed by atoms with E-state index >= 15 is 0 Å². The minimum atomic E-state index is 0.701. The van der Waals surface area contributed by atoms with E-state index < -0.39 is 0 Å². The van der Waals surface area contributed by atoms with Crippen molar-refractivity contribution in [3.05, 3.63) is 12.7 Å². The van der Waals surface area contributed by atoms with Gasteiger partial charge < -0.3 is 0 Å². The van der Waals surface area contributed by atoms with Crippen LogP contribution in [0.4, 0.5) is 0 Å². The summed E-state index contributed by atoms with van der Waals surface area (Å²) in [6.07, 6.45) is 7.45. The molecule has 66 valence electrons. The molecule has 0 aromatic heterocycles. The van der Waals surface area contributed by atoms with Crippen molar-refractivity contribution in [1.82, 2.24) is 0 Å². The van der Waals surface area contributed by atoms with Gasteiger partial charge in [-0.3, -0.25) is 0 Å². The van der Waals surface area contributed by atoms with E-state index in [1.165, 1.54) is 31.4 Å². The van der Waals surface area contributed by atoms with Gasteiger partial charge in [-0.2, -0.15) is 11.8 Å². The molecular weight excluding hydrogens is 152 g/mol. The van der Waals surface area contributed by atoms with Crippen LogP contribution in [0.5, 0.6) is 0 Å². The maximum Gasteiger partial charge on any atom is 0.0224 e. The highest BCUT2D eigenvalue weighted by Gasteiger charge is 2.01. The fourth-order valence-corrected chi connectivity index (χ4v) is 1.98. The summed E-state index contributed by atoms with van der Waals surface area (Å²) >= 11 is 2.01. The summed E-state index contributed by atoms with van der Waals surface area (Å²) in [6, 6.07) is 0. The molecule has 0 aliphatic rings. The Morgan fingerprint density at radius 2 is 2.09 bits per heavy atom. The predicted octanol–water partition coefficient (Wildman–Crippen LogP) is 3.87. The lowest BCUT2D eigenvalue weighted by Gasteiger charge is -2.09. The highest BCUT2D eigenvalue weighted by molar-refractivity contribution is 8.00. The minimum absolute atomic E-state index is 0.701. The van der Waals surface area contributed by atoms with Crippen molar-refractivity contribution in [2.45, 2.75) is 44.8 Å². The van der Waals surface area contributed by atoms with Crippen molar-refractivity contribution in [2.75, 3.05) is 5.75 Å². The van der Waals surface area contributed by atoms with Crippen LogP contribution in [-0.4, -0.2) is 11.0 Å². The first-order valence-corrected chi connectivity index (χ1v) is 5.64. The second-order valence-electron chi connectivity index (χ2n) is 2.73. The molecule has 0 N–H and O–H groups in total. The molecule has 0 aliphatic carbocycles. The summed E-state index contributed by atoms with van der Waals surface area (Å²) in [7, 11) is 0. The molecule has 0 aromatic rings. The topological polar surface area (TPSA) is 0 Å². The molecule has 1 unspecified atom stereocenters. The second-order valence-corrected chi connectivity index (χ2v) is 4.24. The van der Waals surface area contributed by atoms with E-state index in [9.17, 15) is 0 Å². The molecule has 0 rings (SSSR count). The summed E-state index contributed by atoms with van der Waals surface area (Å²) in [6.45, 7) is 8.29. The molecule has 0 aromatic carbocycles. The van der Waals surface area contributed by atoms with Crippen molar-refractivity contribution in [3.8, 4) is 0 Å². The highest BCUT2D eigenvalue weighted by Crippen LogP contribution is 2.17. The van der Waals surface area contributed by atoms with E-state index in [0.717, 1.165) is 0 Å². The van der Waals surface area contributed by atoms with Gasteiger partial charge in [-0.1, -0.05) is 39.2 Å². The number of thioether (sulfide) groups is 1. The third-order valence-corrected chi connectivity index (χ3v) is 2.93. The molecule has 0 bridgehead atoms. The summed E-state index contributed by atoms with van der Waals surface area (Å²) in [5.74, 6) is 1.21. The Morgan fingerprint density at radius 1 is 1.36 bits per heavy atom. The van der Waals surface area contributed by atoms with E-state index in [-0.39, 0.29) is 0 Å². The number of rotatable bonds is 7. The van der Waals surface area contributed by atoms with Gasteiger partial charge in [0.2, 0.25) is 0 Å². The Kier molecular flexibility index (Phi) is 8.26. The maximum atomic E-state index is 3.84. The Bertz CT molecular complexity index is 88.9. The quantitative estimate of drug-likeness (QED) is 0.415. The molecule has 0 heterocycles. The van der Waals surface area contributed by atoms with Crippen LogP contribution >= 0.6 is 11.8 Å². The molecule has 0 amide bonds.